The van der Waals surface area contributed by atoms with E-state index >= 15 is 0 Å². The molecule has 2 aromatic rings. The van der Waals surface area contributed by atoms with Crippen LogP contribution in [0.2, 0.25) is 5.02 Å². The average Bonchev–Trinajstić information content (AvgIpc) is 2.38. The van der Waals surface area contributed by atoms with Gasteiger partial charge in [0.1, 0.15) is 5.82 Å². The predicted octanol–water partition coefficient (Wildman–Crippen LogP) is 2.82. The fraction of sp³-hybridized carbons (Fsp3) is 0. The van der Waals surface area contributed by atoms with Crippen molar-refractivity contribution in [1.82, 2.24) is 4.98 Å². The number of carbonyl (C=O) groups excluding carboxylic acids is 1. The molecule has 5 nitrogen and oxygen atoms in total. The molecule has 0 aliphatic carbocycles. The Morgan fingerprint density at radius 1 is 1.25 bits per heavy atom. The lowest BCUT2D eigenvalue weighted by molar-refractivity contribution is 0.0692. The first-order valence-corrected chi connectivity index (χ1v) is 5.82. The van der Waals surface area contributed by atoms with Crippen molar-refractivity contribution in [3.05, 3.63) is 58.6 Å². The molecule has 7 heteroatoms. The van der Waals surface area contributed by atoms with Crippen LogP contribution in [-0.4, -0.2) is 22.0 Å². The first-order chi connectivity index (χ1) is 9.50. The number of halogens is 2. The number of hydrogen-bond acceptors (Lipinski definition) is 3. The number of carbonyl (C=O) groups is 2. The summed E-state index contributed by atoms with van der Waals surface area (Å²) in [5, 5.41) is 11.2. The normalized spacial score (nSPS) is 10.1. The largest absolute Gasteiger partial charge is 0.476 e. The maximum atomic E-state index is 13.6. The van der Waals surface area contributed by atoms with Crippen molar-refractivity contribution >= 4 is 29.2 Å². The molecular formula is C13H8ClFN2O3. The summed E-state index contributed by atoms with van der Waals surface area (Å²) in [5.41, 5.74) is -0.730. The summed E-state index contributed by atoms with van der Waals surface area (Å²) in [5.74, 6) is -2.94. The number of rotatable bonds is 3. The molecule has 2 N–H and O–H groups in total. The number of nitrogens with one attached hydrogen (secondary N) is 1. The molecule has 0 spiro atoms. The molecule has 0 radical (unpaired) electrons. The lowest BCUT2D eigenvalue weighted by Gasteiger charge is -2.09. The van der Waals surface area contributed by atoms with Crippen molar-refractivity contribution in [1.29, 1.82) is 0 Å². The topological polar surface area (TPSA) is 79.3 Å². The highest BCUT2D eigenvalue weighted by Gasteiger charge is 2.19. The molecular weight excluding hydrogens is 287 g/mol. The van der Waals surface area contributed by atoms with Gasteiger partial charge in [0.25, 0.3) is 5.91 Å². The van der Waals surface area contributed by atoms with E-state index in [0.717, 1.165) is 6.07 Å². The molecule has 102 valence electrons. The van der Waals surface area contributed by atoms with E-state index in [2.05, 4.69) is 10.3 Å². The smallest absolute Gasteiger partial charge is 0.356 e. The van der Waals surface area contributed by atoms with Crippen LogP contribution in [0.15, 0.2) is 36.5 Å². The van der Waals surface area contributed by atoms with Crippen LogP contribution in [0, 0.1) is 5.82 Å². The van der Waals surface area contributed by atoms with Crippen molar-refractivity contribution in [2.45, 2.75) is 0 Å². The van der Waals surface area contributed by atoms with Crippen LogP contribution in [0.5, 0.6) is 0 Å². The molecule has 0 unspecified atom stereocenters. The van der Waals surface area contributed by atoms with Crippen LogP contribution in [0.3, 0.4) is 0 Å². The van der Waals surface area contributed by atoms with Gasteiger partial charge < -0.3 is 10.4 Å². The van der Waals surface area contributed by atoms with Gasteiger partial charge in [-0.2, -0.15) is 0 Å². The molecule has 0 atom stereocenters. The SMILES string of the molecule is O=C(O)c1ncccc1NC(=O)c1c(F)cccc1Cl. The monoisotopic (exact) mass is 294 g/mol. The van der Waals surface area contributed by atoms with Gasteiger partial charge in [-0.15, -0.1) is 0 Å². The molecule has 1 heterocycles. The molecule has 1 aromatic heterocycles. The van der Waals surface area contributed by atoms with Gasteiger partial charge in [-0.05, 0) is 24.3 Å². The molecule has 1 aromatic carbocycles. The second-order valence-corrected chi connectivity index (χ2v) is 4.16. The fourth-order valence-electron chi connectivity index (χ4n) is 1.58. The number of nitrogens with zero attached hydrogens (tertiary/aromatic N) is 1. The van der Waals surface area contributed by atoms with Crippen molar-refractivity contribution < 1.29 is 19.1 Å². The first-order valence-electron chi connectivity index (χ1n) is 5.44. The Hall–Kier alpha value is -2.47. The second-order valence-electron chi connectivity index (χ2n) is 3.76. The number of benzene rings is 1. The summed E-state index contributed by atoms with van der Waals surface area (Å²) in [6.07, 6.45) is 1.27. The first kappa shape index (κ1) is 14.0. The van der Waals surface area contributed by atoms with Crippen molar-refractivity contribution in [2.24, 2.45) is 0 Å². The van der Waals surface area contributed by atoms with Crippen molar-refractivity contribution in [2.75, 3.05) is 5.32 Å². The Morgan fingerprint density at radius 2 is 2.00 bits per heavy atom. The maximum absolute atomic E-state index is 13.6. The lowest BCUT2D eigenvalue weighted by atomic mass is 10.2. The van der Waals surface area contributed by atoms with Crippen molar-refractivity contribution in [3.63, 3.8) is 0 Å². The Labute approximate surface area is 118 Å². The molecule has 0 bridgehead atoms. The van der Waals surface area contributed by atoms with Gasteiger partial charge in [-0.25, -0.2) is 14.2 Å². The van der Waals surface area contributed by atoms with Crippen LogP contribution in [0.4, 0.5) is 10.1 Å². The summed E-state index contributed by atoms with van der Waals surface area (Å²) >= 11 is 5.76. The van der Waals surface area contributed by atoms with Gasteiger partial charge in [0.2, 0.25) is 0 Å². The molecule has 0 aliphatic heterocycles. The second kappa shape index (κ2) is 5.66. The molecule has 1 amide bonds. The highest BCUT2D eigenvalue weighted by molar-refractivity contribution is 6.34. The van der Waals surface area contributed by atoms with E-state index < -0.39 is 17.7 Å². The van der Waals surface area contributed by atoms with E-state index in [1.807, 2.05) is 0 Å². The van der Waals surface area contributed by atoms with E-state index in [0.29, 0.717) is 0 Å². The van der Waals surface area contributed by atoms with Crippen LogP contribution in [-0.2, 0) is 0 Å². The van der Waals surface area contributed by atoms with Gasteiger partial charge in [0.05, 0.1) is 16.3 Å². The molecule has 0 saturated heterocycles. The minimum atomic E-state index is -1.31. The number of aromatic carboxylic acids is 1. The highest BCUT2D eigenvalue weighted by atomic mass is 35.5. The third-order valence-corrected chi connectivity index (χ3v) is 2.76. The summed E-state index contributed by atoms with van der Waals surface area (Å²) in [6, 6.07) is 6.61. The number of carboxylic acid groups (broad SMARTS) is 1. The predicted molar refractivity (Wildman–Crippen MR) is 70.6 cm³/mol. The lowest BCUT2D eigenvalue weighted by Crippen LogP contribution is -2.17. The van der Waals surface area contributed by atoms with E-state index in [1.54, 1.807) is 0 Å². The molecule has 0 fully saturated rings. The van der Waals surface area contributed by atoms with Gasteiger partial charge in [-0.1, -0.05) is 17.7 Å². The number of hydrogen-bond donors (Lipinski definition) is 2. The number of aromatic nitrogens is 1. The third-order valence-electron chi connectivity index (χ3n) is 2.45. The summed E-state index contributed by atoms with van der Waals surface area (Å²) in [7, 11) is 0. The van der Waals surface area contributed by atoms with Gasteiger partial charge in [-0.3, -0.25) is 4.79 Å². The van der Waals surface area contributed by atoms with E-state index in [1.165, 1.54) is 30.5 Å². The molecule has 0 saturated carbocycles. The standard InChI is InChI=1S/C13H8ClFN2O3/c14-7-3-1-4-8(15)10(7)12(18)17-9-5-2-6-16-11(9)13(19)20/h1-6H,(H,17,18)(H,19,20). The number of carboxylic acids is 1. The van der Waals surface area contributed by atoms with Crippen LogP contribution in [0.1, 0.15) is 20.8 Å². The minimum Gasteiger partial charge on any atom is -0.476 e. The van der Waals surface area contributed by atoms with E-state index in [-0.39, 0.29) is 22.0 Å². The number of anilines is 1. The maximum Gasteiger partial charge on any atom is 0.356 e. The van der Waals surface area contributed by atoms with E-state index in [9.17, 15) is 14.0 Å². The van der Waals surface area contributed by atoms with Gasteiger partial charge in [0, 0.05) is 6.20 Å². The minimum absolute atomic E-state index is 0.0377. The third kappa shape index (κ3) is 2.75. The zero-order valence-corrected chi connectivity index (χ0v) is 10.7. The van der Waals surface area contributed by atoms with Crippen molar-refractivity contribution in [3.8, 4) is 0 Å². The Balaban J connectivity index is 2.36. The summed E-state index contributed by atoms with van der Waals surface area (Å²) in [6.45, 7) is 0. The van der Waals surface area contributed by atoms with Gasteiger partial charge in [0.15, 0.2) is 5.69 Å². The van der Waals surface area contributed by atoms with Crippen LogP contribution >= 0.6 is 11.6 Å². The summed E-state index contributed by atoms with van der Waals surface area (Å²) in [4.78, 5) is 26.6. The van der Waals surface area contributed by atoms with Gasteiger partial charge >= 0.3 is 5.97 Å². The molecule has 0 aliphatic rings. The van der Waals surface area contributed by atoms with Crippen LogP contribution in [0.25, 0.3) is 0 Å². The fourth-order valence-corrected chi connectivity index (χ4v) is 1.82. The average molecular weight is 295 g/mol. The zero-order chi connectivity index (χ0) is 14.7. The summed E-state index contributed by atoms with van der Waals surface area (Å²) < 4.78 is 13.6. The quantitative estimate of drug-likeness (QED) is 0.912. The molecule has 2 rings (SSSR count). The number of pyridine rings is 1. The zero-order valence-electron chi connectivity index (χ0n) is 9.93. The number of amides is 1. The highest BCUT2D eigenvalue weighted by Crippen LogP contribution is 2.21. The van der Waals surface area contributed by atoms with E-state index in [4.69, 9.17) is 16.7 Å². The Bertz CT molecular complexity index is 671. The Kier molecular flexibility index (Phi) is 3.95. The Morgan fingerprint density at radius 3 is 2.65 bits per heavy atom. The molecule has 20 heavy (non-hydrogen) atoms. The van der Waals surface area contributed by atoms with Crippen LogP contribution < -0.4 is 5.32 Å².